The minimum Gasteiger partial charge on any atom is -0.396 e. The molecule has 3 N–H and O–H groups in total. The second-order valence-electron chi connectivity index (χ2n) is 4.56. The van der Waals surface area contributed by atoms with E-state index in [-0.39, 0.29) is 5.91 Å². The molecule has 7 heteroatoms. The highest BCUT2D eigenvalue weighted by Crippen LogP contribution is 2.17. The molecule has 5 nitrogen and oxygen atoms in total. The predicted molar refractivity (Wildman–Crippen MR) is 75.6 cm³/mol. The van der Waals surface area contributed by atoms with Gasteiger partial charge in [0.05, 0.1) is 11.3 Å². The molecule has 0 aromatic heterocycles. The van der Waals surface area contributed by atoms with Crippen molar-refractivity contribution < 1.29 is 18.4 Å². The Kier molecular flexibility index (Phi) is 5.63. The zero-order chi connectivity index (χ0) is 16.2. The number of benzene rings is 1. The Morgan fingerprint density at radius 2 is 1.86 bits per heavy atom. The number of nitrogens with two attached hydrogens (primary N) is 1. The summed E-state index contributed by atoms with van der Waals surface area (Å²) in [5.41, 5.74) is 4.29. The molecule has 0 saturated carbocycles. The van der Waals surface area contributed by atoms with E-state index in [0.29, 0.717) is 13.1 Å². The third-order valence-corrected chi connectivity index (χ3v) is 3.10. The van der Waals surface area contributed by atoms with E-state index in [0.717, 1.165) is 12.1 Å². The molecule has 0 heterocycles. The van der Waals surface area contributed by atoms with E-state index in [2.05, 4.69) is 5.32 Å². The van der Waals surface area contributed by atoms with Gasteiger partial charge in [-0.2, -0.15) is 0 Å². The topological polar surface area (TPSA) is 75.4 Å². The van der Waals surface area contributed by atoms with E-state index >= 15 is 0 Å². The first-order chi connectivity index (χ1) is 9.81. The molecular weight excluding hydrogens is 280 g/mol. The number of nitrogens with one attached hydrogen (secondary N) is 1. The van der Waals surface area contributed by atoms with Gasteiger partial charge in [0.15, 0.2) is 5.82 Å². The zero-order valence-electron chi connectivity index (χ0n) is 12.2. The summed E-state index contributed by atoms with van der Waals surface area (Å²) in [5.74, 6) is -3.00. The first kappa shape index (κ1) is 16.9. The highest BCUT2D eigenvalue weighted by molar-refractivity contribution is 5.98. The summed E-state index contributed by atoms with van der Waals surface area (Å²) in [4.78, 5) is 25.5. The van der Waals surface area contributed by atoms with Gasteiger partial charge in [-0.15, -0.1) is 0 Å². The molecule has 0 radical (unpaired) electrons. The number of halogens is 2. The molecule has 1 aromatic rings. The van der Waals surface area contributed by atoms with E-state index in [1.165, 1.54) is 11.8 Å². The van der Waals surface area contributed by atoms with E-state index in [1.807, 2.05) is 13.8 Å². The maximum absolute atomic E-state index is 13.7. The highest BCUT2D eigenvalue weighted by Gasteiger charge is 2.23. The van der Waals surface area contributed by atoms with E-state index in [9.17, 15) is 18.4 Å². The third-order valence-electron chi connectivity index (χ3n) is 3.10. The standard InChI is InChI=1S/C14H19F2N3O2/c1-4-19(5-2)14(21)8(3)18-13(20)10-6-9(15)7-11(17)12(10)16/h6-8H,4-5,17H2,1-3H3,(H,18,20). The molecule has 0 aliphatic rings. The Morgan fingerprint density at radius 3 is 2.38 bits per heavy atom. The lowest BCUT2D eigenvalue weighted by atomic mass is 10.1. The van der Waals surface area contributed by atoms with Gasteiger partial charge < -0.3 is 16.0 Å². The van der Waals surface area contributed by atoms with Crippen molar-refractivity contribution in [1.29, 1.82) is 0 Å². The number of carbonyl (C=O) groups is 2. The summed E-state index contributed by atoms with van der Waals surface area (Å²) in [7, 11) is 0. The van der Waals surface area contributed by atoms with Crippen molar-refractivity contribution in [2.75, 3.05) is 18.8 Å². The largest absolute Gasteiger partial charge is 0.396 e. The van der Waals surface area contributed by atoms with Gasteiger partial charge in [0.25, 0.3) is 5.91 Å². The van der Waals surface area contributed by atoms with Crippen LogP contribution >= 0.6 is 0 Å². The molecule has 0 aliphatic carbocycles. The fourth-order valence-corrected chi connectivity index (χ4v) is 1.92. The van der Waals surface area contributed by atoms with Crippen molar-refractivity contribution in [2.24, 2.45) is 0 Å². The number of amides is 2. The fourth-order valence-electron chi connectivity index (χ4n) is 1.92. The van der Waals surface area contributed by atoms with Gasteiger partial charge in [-0.05, 0) is 32.9 Å². The molecule has 0 spiro atoms. The van der Waals surface area contributed by atoms with Crippen molar-refractivity contribution in [1.82, 2.24) is 10.2 Å². The molecule has 0 aliphatic heterocycles. The minimum absolute atomic E-state index is 0.293. The van der Waals surface area contributed by atoms with E-state index < -0.39 is 34.8 Å². The molecule has 0 saturated heterocycles. The normalized spacial score (nSPS) is 11.9. The summed E-state index contributed by atoms with van der Waals surface area (Å²) < 4.78 is 26.9. The Morgan fingerprint density at radius 1 is 1.29 bits per heavy atom. The average molecular weight is 299 g/mol. The zero-order valence-corrected chi connectivity index (χ0v) is 12.2. The number of nitrogens with zero attached hydrogens (tertiary/aromatic N) is 1. The molecule has 2 amide bonds. The fraction of sp³-hybridized carbons (Fsp3) is 0.429. The van der Waals surface area contributed by atoms with Crippen molar-refractivity contribution in [3.05, 3.63) is 29.3 Å². The Bertz CT molecular complexity index is 545. The summed E-state index contributed by atoms with van der Waals surface area (Å²) >= 11 is 0. The quantitative estimate of drug-likeness (QED) is 0.810. The lowest BCUT2D eigenvalue weighted by Crippen LogP contribution is -2.47. The van der Waals surface area contributed by atoms with Crippen molar-refractivity contribution in [3.8, 4) is 0 Å². The van der Waals surface area contributed by atoms with Crippen LogP contribution in [0.15, 0.2) is 12.1 Å². The second-order valence-corrected chi connectivity index (χ2v) is 4.56. The van der Waals surface area contributed by atoms with Crippen LogP contribution in [0.5, 0.6) is 0 Å². The van der Waals surface area contributed by atoms with Crippen LogP contribution in [0.2, 0.25) is 0 Å². The molecule has 1 atom stereocenters. The lowest BCUT2D eigenvalue weighted by Gasteiger charge is -2.23. The van der Waals surface area contributed by atoms with Crippen LogP contribution in [0.25, 0.3) is 0 Å². The molecule has 21 heavy (non-hydrogen) atoms. The summed E-state index contributed by atoms with van der Waals surface area (Å²) in [6.07, 6.45) is 0. The lowest BCUT2D eigenvalue weighted by molar-refractivity contribution is -0.132. The van der Waals surface area contributed by atoms with Gasteiger partial charge in [0.2, 0.25) is 5.91 Å². The number of likely N-dealkylation sites (N-methyl/N-ethyl adjacent to an activating group) is 1. The molecule has 0 bridgehead atoms. The Labute approximate surface area is 122 Å². The van der Waals surface area contributed by atoms with Gasteiger partial charge in [-0.3, -0.25) is 9.59 Å². The van der Waals surface area contributed by atoms with Gasteiger partial charge in [-0.25, -0.2) is 8.78 Å². The number of hydrogen-bond acceptors (Lipinski definition) is 3. The smallest absolute Gasteiger partial charge is 0.255 e. The number of anilines is 1. The highest BCUT2D eigenvalue weighted by atomic mass is 19.1. The van der Waals surface area contributed by atoms with Crippen LogP contribution < -0.4 is 11.1 Å². The van der Waals surface area contributed by atoms with Crippen LogP contribution in [-0.4, -0.2) is 35.8 Å². The van der Waals surface area contributed by atoms with E-state index in [4.69, 9.17) is 5.73 Å². The van der Waals surface area contributed by atoms with Crippen LogP contribution in [0.4, 0.5) is 14.5 Å². The molecule has 1 aromatic carbocycles. The van der Waals surface area contributed by atoms with Gasteiger partial charge in [0, 0.05) is 13.1 Å². The first-order valence-corrected chi connectivity index (χ1v) is 6.65. The summed E-state index contributed by atoms with van der Waals surface area (Å²) in [6.45, 7) is 6.10. The first-order valence-electron chi connectivity index (χ1n) is 6.65. The molecule has 1 unspecified atom stereocenters. The third kappa shape index (κ3) is 3.90. The molecule has 116 valence electrons. The molecular formula is C14H19F2N3O2. The molecule has 0 fully saturated rings. The van der Waals surface area contributed by atoms with Crippen LogP contribution in [0, 0.1) is 11.6 Å². The number of nitrogen functional groups attached to an aromatic ring is 1. The molecule has 1 rings (SSSR count). The Balaban J connectivity index is 2.89. The minimum atomic E-state index is -1.00. The maximum atomic E-state index is 13.7. The van der Waals surface area contributed by atoms with Gasteiger partial charge in [-0.1, -0.05) is 0 Å². The van der Waals surface area contributed by atoms with Crippen molar-refractivity contribution >= 4 is 17.5 Å². The van der Waals surface area contributed by atoms with Crippen molar-refractivity contribution in [3.63, 3.8) is 0 Å². The second kappa shape index (κ2) is 7.01. The van der Waals surface area contributed by atoms with Gasteiger partial charge in [0.1, 0.15) is 11.9 Å². The predicted octanol–water partition coefficient (Wildman–Crippen LogP) is 1.53. The SMILES string of the molecule is CCN(CC)C(=O)C(C)NC(=O)c1cc(F)cc(N)c1F. The Hall–Kier alpha value is -2.18. The average Bonchev–Trinajstić information content (AvgIpc) is 2.43. The van der Waals surface area contributed by atoms with E-state index in [1.54, 1.807) is 0 Å². The van der Waals surface area contributed by atoms with Crippen LogP contribution in [0.3, 0.4) is 0 Å². The summed E-state index contributed by atoms with van der Waals surface area (Å²) in [6, 6.07) is 0.688. The number of rotatable bonds is 5. The van der Waals surface area contributed by atoms with Crippen LogP contribution in [0.1, 0.15) is 31.1 Å². The van der Waals surface area contributed by atoms with Crippen molar-refractivity contribution in [2.45, 2.75) is 26.8 Å². The monoisotopic (exact) mass is 299 g/mol. The number of hydrogen-bond donors (Lipinski definition) is 2. The maximum Gasteiger partial charge on any atom is 0.255 e. The number of carbonyl (C=O) groups excluding carboxylic acids is 2. The van der Waals surface area contributed by atoms with Crippen LogP contribution in [-0.2, 0) is 4.79 Å². The summed E-state index contributed by atoms with van der Waals surface area (Å²) in [5, 5.41) is 2.35. The van der Waals surface area contributed by atoms with Gasteiger partial charge >= 0.3 is 0 Å².